The minimum atomic E-state index is -5.08. The van der Waals surface area contributed by atoms with Gasteiger partial charge in [0.25, 0.3) is 5.91 Å². The number of rotatable bonds is 6. The van der Waals surface area contributed by atoms with Gasteiger partial charge >= 0.3 is 12.1 Å². The number of halogens is 3. The van der Waals surface area contributed by atoms with E-state index in [2.05, 4.69) is 17.0 Å². The fraction of sp³-hybridized carbons (Fsp3) is 0.500. The van der Waals surface area contributed by atoms with Gasteiger partial charge in [0.1, 0.15) is 5.75 Å². The van der Waals surface area contributed by atoms with Gasteiger partial charge in [0.15, 0.2) is 9.84 Å². The summed E-state index contributed by atoms with van der Waals surface area (Å²) in [7, 11) is -3.33. The van der Waals surface area contributed by atoms with E-state index in [-0.39, 0.29) is 10.8 Å². The van der Waals surface area contributed by atoms with Crippen LogP contribution in [-0.4, -0.2) is 80.4 Å². The fourth-order valence-corrected chi connectivity index (χ4v) is 5.75. The molecular formula is C28H35F3N2O6S. The number of piperidine rings is 2. The van der Waals surface area contributed by atoms with Crippen molar-refractivity contribution in [2.24, 2.45) is 5.41 Å². The van der Waals surface area contributed by atoms with E-state index in [1.54, 1.807) is 12.1 Å². The van der Waals surface area contributed by atoms with Crippen LogP contribution in [0.2, 0.25) is 0 Å². The molecule has 2 aliphatic rings. The first-order valence-corrected chi connectivity index (χ1v) is 15.0. The number of aliphatic carboxylic acids is 1. The molecular weight excluding hydrogens is 549 g/mol. The lowest BCUT2D eigenvalue weighted by atomic mass is 9.71. The molecule has 2 aliphatic heterocycles. The van der Waals surface area contributed by atoms with Crippen LogP contribution in [0, 0.1) is 5.41 Å². The molecule has 8 nitrogen and oxygen atoms in total. The Morgan fingerprint density at radius 1 is 0.975 bits per heavy atom. The Bertz CT molecular complexity index is 1280. The normalized spacial score (nSPS) is 17.6. The maximum Gasteiger partial charge on any atom is 0.490 e. The minimum Gasteiger partial charge on any atom is -0.494 e. The summed E-state index contributed by atoms with van der Waals surface area (Å²) in [5, 5.41) is 7.12. The summed E-state index contributed by atoms with van der Waals surface area (Å²) in [4.78, 5) is 26.5. The van der Waals surface area contributed by atoms with Gasteiger partial charge in [0.2, 0.25) is 0 Å². The quantitative estimate of drug-likeness (QED) is 0.528. The van der Waals surface area contributed by atoms with Gasteiger partial charge in [0.05, 0.1) is 11.5 Å². The predicted molar refractivity (Wildman–Crippen MR) is 143 cm³/mol. The van der Waals surface area contributed by atoms with E-state index < -0.39 is 22.0 Å². The van der Waals surface area contributed by atoms with Gasteiger partial charge in [0, 0.05) is 37.0 Å². The van der Waals surface area contributed by atoms with Crippen LogP contribution >= 0.6 is 0 Å². The Morgan fingerprint density at radius 3 is 2.10 bits per heavy atom. The maximum atomic E-state index is 13.0. The molecule has 0 unspecified atom stereocenters. The molecule has 2 heterocycles. The first-order valence-electron chi connectivity index (χ1n) is 13.1. The largest absolute Gasteiger partial charge is 0.494 e. The number of benzene rings is 2. The van der Waals surface area contributed by atoms with E-state index in [0.29, 0.717) is 17.6 Å². The molecule has 0 aliphatic carbocycles. The molecule has 2 fully saturated rings. The summed E-state index contributed by atoms with van der Waals surface area (Å²) in [6.07, 6.45) is 0.398. The molecule has 0 saturated carbocycles. The molecule has 220 valence electrons. The first kappa shape index (κ1) is 31.4. The van der Waals surface area contributed by atoms with Crippen molar-refractivity contribution in [3.63, 3.8) is 0 Å². The van der Waals surface area contributed by atoms with Crippen molar-refractivity contribution in [1.29, 1.82) is 0 Å². The van der Waals surface area contributed by atoms with Crippen molar-refractivity contribution in [2.45, 2.75) is 50.2 Å². The Morgan fingerprint density at radius 2 is 1.55 bits per heavy atom. The van der Waals surface area contributed by atoms with Crippen molar-refractivity contribution >= 4 is 21.7 Å². The van der Waals surface area contributed by atoms with E-state index in [9.17, 15) is 26.4 Å². The van der Waals surface area contributed by atoms with Gasteiger partial charge < -0.3 is 14.7 Å². The third kappa shape index (κ3) is 8.44. The number of carbonyl (C=O) groups is 2. The number of carbonyl (C=O) groups excluding carboxylic acids is 1. The summed E-state index contributed by atoms with van der Waals surface area (Å²) >= 11 is 0. The standard InChI is InChI=1S/C26H34N2O4S.C2HF3O2/c1-3-32-24-10-5-4-7-22(24)20-27-15-11-26(12-16-27)13-17-28(18-14-26)25(29)21-8-6-9-23(19-21)33(2,30)31;3-2(4,5)1(6)7/h4-10,19H,3,11-18,20H2,1-2H3;(H,6,7). The van der Waals surface area contributed by atoms with Crippen LogP contribution in [-0.2, 0) is 21.2 Å². The van der Waals surface area contributed by atoms with Crippen LogP contribution in [0.1, 0.15) is 48.5 Å². The summed E-state index contributed by atoms with van der Waals surface area (Å²) in [6, 6.07) is 14.7. The molecule has 1 amide bonds. The lowest BCUT2D eigenvalue weighted by Gasteiger charge is -2.47. The van der Waals surface area contributed by atoms with Crippen molar-refractivity contribution in [3.8, 4) is 5.75 Å². The summed E-state index contributed by atoms with van der Waals surface area (Å²) < 4.78 is 61.2. The molecule has 0 bridgehead atoms. The van der Waals surface area contributed by atoms with Crippen LogP contribution in [0.4, 0.5) is 13.2 Å². The van der Waals surface area contributed by atoms with E-state index in [1.807, 2.05) is 24.0 Å². The highest BCUT2D eigenvalue weighted by Crippen LogP contribution is 2.42. The number of amides is 1. The number of nitrogens with zero attached hydrogens (tertiary/aromatic N) is 2. The van der Waals surface area contributed by atoms with E-state index in [4.69, 9.17) is 14.6 Å². The number of ether oxygens (including phenoxy) is 1. The molecule has 2 aromatic rings. The highest BCUT2D eigenvalue weighted by molar-refractivity contribution is 7.90. The van der Waals surface area contributed by atoms with Crippen molar-refractivity contribution in [2.75, 3.05) is 39.0 Å². The van der Waals surface area contributed by atoms with Crippen LogP contribution in [0.5, 0.6) is 5.75 Å². The number of sulfone groups is 1. The highest BCUT2D eigenvalue weighted by Gasteiger charge is 2.39. The zero-order valence-corrected chi connectivity index (χ0v) is 23.4. The summed E-state index contributed by atoms with van der Waals surface area (Å²) in [5.74, 6) is -1.85. The van der Waals surface area contributed by atoms with E-state index in [0.717, 1.165) is 64.2 Å². The Labute approximate surface area is 232 Å². The average Bonchev–Trinajstić information content (AvgIpc) is 2.91. The number of carboxylic acids is 1. The maximum absolute atomic E-state index is 13.0. The highest BCUT2D eigenvalue weighted by atomic mass is 32.2. The number of hydrogen-bond acceptors (Lipinski definition) is 6. The number of likely N-dealkylation sites (tertiary alicyclic amines) is 2. The molecule has 0 aromatic heterocycles. The monoisotopic (exact) mass is 584 g/mol. The van der Waals surface area contributed by atoms with Crippen molar-refractivity contribution in [3.05, 3.63) is 59.7 Å². The van der Waals surface area contributed by atoms with Crippen molar-refractivity contribution < 1.29 is 41.0 Å². The molecule has 12 heteroatoms. The van der Waals surface area contributed by atoms with E-state index >= 15 is 0 Å². The second kappa shape index (κ2) is 13.0. The molecule has 40 heavy (non-hydrogen) atoms. The lowest BCUT2D eigenvalue weighted by Crippen LogP contribution is -2.48. The Balaban J connectivity index is 0.000000559. The third-order valence-electron chi connectivity index (χ3n) is 7.45. The fourth-order valence-electron chi connectivity index (χ4n) is 5.08. The van der Waals surface area contributed by atoms with Gasteiger partial charge in [-0.25, -0.2) is 13.2 Å². The van der Waals surface area contributed by atoms with Crippen LogP contribution < -0.4 is 4.74 Å². The molecule has 0 atom stereocenters. The zero-order chi connectivity index (χ0) is 29.6. The number of alkyl halides is 3. The zero-order valence-electron chi connectivity index (χ0n) is 22.6. The topological polar surface area (TPSA) is 104 Å². The van der Waals surface area contributed by atoms with E-state index in [1.165, 1.54) is 24.0 Å². The molecule has 2 saturated heterocycles. The van der Waals surface area contributed by atoms with Gasteiger partial charge in [-0.2, -0.15) is 13.2 Å². The van der Waals surface area contributed by atoms with Gasteiger partial charge in [-0.05, 0) is 75.4 Å². The molecule has 4 rings (SSSR count). The molecule has 2 aromatic carbocycles. The first-order chi connectivity index (χ1) is 18.7. The predicted octanol–water partition coefficient (Wildman–Crippen LogP) is 4.64. The van der Waals surface area contributed by atoms with Crippen LogP contribution in [0.3, 0.4) is 0 Å². The van der Waals surface area contributed by atoms with Gasteiger partial charge in [-0.15, -0.1) is 0 Å². The smallest absolute Gasteiger partial charge is 0.490 e. The van der Waals surface area contributed by atoms with Crippen LogP contribution in [0.15, 0.2) is 53.4 Å². The molecule has 0 radical (unpaired) electrons. The van der Waals surface area contributed by atoms with Gasteiger partial charge in [-0.3, -0.25) is 9.69 Å². The minimum absolute atomic E-state index is 0.0692. The van der Waals surface area contributed by atoms with Gasteiger partial charge in [-0.1, -0.05) is 24.3 Å². The van der Waals surface area contributed by atoms with Crippen molar-refractivity contribution in [1.82, 2.24) is 9.80 Å². The summed E-state index contributed by atoms with van der Waals surface area (Å²) in [5.41, 5.74) is 2.00. The second-order valence-electron chi connectivity index (χ2n) is 10.2. The SMILES string of the molecule is CCOc1ccccc1CN1CCC2(CC1)CCN(C(=O)c1cccc(S(C)(=O)=O)c1)CC2.O=C(O)C(F)(F)F. The molecule has 1 spiro atoms. The Hall–Kier alpha value is -3.12. The Kier molecular flexibility index (Phi) is 10.2. The average molecular weight is 585 g/mol. The lowest BCUT2D eigenvalue weighted by molar-refractivity contribution is -0.192. The molecule has 1 N–H and O–H groups in total. The number of hydrogen-bond donors (Lipinski definition) is 1. The van der Waals surface area contributed by atoms with Crippen LogP contribution in [0.25, 0.3) is 0 Å². The summed E-state index contributed by atoms with van der Waals surface area (Å²) in [6.45, 7) is 7.18. The third-order valence-corrected chi connectivity index (χ3v) is 8.56. The second-order valence-corrected chi connectivity index (χ2v) is 12.2. The number of para-hydroxylation sites is 1. The number of carboxylic acid groups (broad SMARTS) is 1.